The van der Waals surface area contributed by atoms with Gasteiger partial charge in [0.05, 0.1) is 6.54 Å². The third-order valence-electron chi connectivity index (χ3n) is 3.55. The van der Waals surface area contributed by atoms with Crippen molar-refractivity contribution in [3.05, 3.63) is 57.7 Å². The van der Waals surface area contributed by atoms with Gasteiger partial charge < -0.3 is 10.2 Å². The second-order valence-electron chi connectivity index (χ2n) is 5.63. The summed E-state index contributed by atoms with van der Waals surface area (Å²) in [5.41, 5.74) is 3.20. The predicted octanol–water partition coefficient (Wildman–Crippen LogP) is 3.89. The van der Waals surface area contributed by atoms with E-state index < -0.39 is 0 Å². The highest BCUT2D eigenvalue weighted by atomic mass is 32.1. The molecule has 5 nitrogen and oxygen atoms in total. The molecule has 1 aromatic carbocycles. The van der Waals surface area contributed by atoms with Gasteiger partial charge >= 0.3 is 0 Å². The van der Waals surface area contributed by atoms with Gasteiger partial charge in [-0.05, 0) is 30.5 Å². The number of carbonyl (C=O) groups excluding carboxylic acids is 2. The van der Waals surface area contributed by atoms with Crippen LogP contribution in [0.25, 0.3) is 10.6 Å². The van der Waals surface area contributed by atoms with Gasteiger partial charge in [-0.15, -0.1) is 11.3 Å². The number of thiophene rings is 1. The van der Waals surface area contributed by atoms with Crippen molar-refractivity contribution in [1.29, 1.82) is 0 Å². The van der Waals surface area contributed by atoms with Gasteiger partial charge in [-0.3, -0.25) is 9.59 Å². The van der Waals surface area contributed by atoms with Crippen LogP contribution in [0.15, 0.2) is 46.5 Å². The van der Waals surface area contributed by atoms with Gasteiger partial charge in [-0.25, -0.2) is 4.98 Å². The first-order chi connectivity index (χ1) is 12.0. The average Bonchev–Trinajstić information content (AvgIpc) is 3.27. The normalized spacial score (nSPS) is 10.5. The number of amides is 2. The Morgan fingerprint density at radius 3 is 2.60 bits per heavy atom. The van der Waals surface area contributed by atoms with E-state index in [-0.39, 0.29) is 18.4 Å². The Bertz CT molecular complexity index is 870. The van der Waals surface area contributed by atoms with E-state index in [0.717, 1.165) is 16.1 Å². The number of benzene rings is 1. The summed E-state index contributed by atoms with van der Waals surface area (Å²) in [6.45, 7) is 1.95. The van der Waals surface area contributed by atoms with Crippen LogP contribution in [0.3, 0.4) is 0 Å². The van der Waals surface area contributed by atoms with E-state index in [9.17, 15) is 9.59 Å². The standard InChI is InChI=1S/C18H17N3O2S2/c1-12-3-5-14(6-4-12)19-16(22)9-21(2)18(23)15-11-25-17(20-15)13-7-8-24-10-13/h3-8,10-11H,9H2,1-2H3,(H,19,22). The number of thiazole rings is 1. The maximum Gasteiger partial charge on any atom is 0.273 e. The first kappa shape index (κ1) is 17.3. The third-order valence-corrected chi connectivity index (χ3v) is 5.13. The number of nitrogens with one attached hydrogen (secondary N) is 1. The average molecular weight is 371 g/mol. The molecule has 2 heterocycles. The van der Waals surface area contributed by atoms with Gasteiger partial charge in [0.25, 0.3) is 5.91 Å². The molecule has 128 valence electrons. The lowest BCUT2D eigenvalue weighted by molar-refractivity contribution is -0.116. The Morgan fingerprint density at radius 2 is 1.92 bits per heavy atom. The van der Waals surface area contributed by atoms with Crippen LogP contribution in [-0.2, 0) is 4.79 Å². The third kappa shape index (κ3) is 4.32. The number of rotatable bonds is 5. The smallest absolute Gasteiger partial charge is 0.273 e. The number of aryl methyl sites for hydroxylation is 1. The quantitative estimate of drug-likeness (QED) is 0.740. The molecule has 0 spiro atoms. The van der Waals surface area contributed by atoms with Crippen LogP contribution < -0.4 is 5.32 Å². The fraction of sp³-hybridized carbons (Fsp3) is 0.167. The summed E-state index contributed by atoms with van der Waals surface area (Å²) in [6, 6.07) is 9.49. The summed E-state index contributed by atoms with van der Waals surface area (Å²) < 4.78 is 0. The van der Waals surface area contributed by atoms with Gasteiger partial charge in [0.1, 0.15) is 10.7 Å². The number of aromatic nitrogens is 1. The van der Waals surface area contributed by atoms with Crippen molar-refractivity contribution in [2.24, 2.45) is 0 Å². The van der Waals surface area contributed by atoms with Crippen LogP contribution in [-0.4, -0.2) is 35.3 Å². The summed E-state index contributed by atoms with van der Waals surface area (Å²) >= 11 is 3.01. The molecular weight excluding hydrogens is 354 g/mol. The van der Waals surface area contributed by atoms with Gasteiger partial charge in [0, 0.05) is 29.1 Å². The van der Waals surface area contributed by atoms with Crippen molar-refractivity contribution < 1.29 is 9.59 Å². The van der Waals surface area contributed by atoms with E-state index in [1.54, 1.807) is 23.8 Å². The molecule has 0 aliphatic rings. The van der Waals surface area contributed by atoms with Crippen molar-refractivity contribution >= 4 is 40.2 Å². The summed E-state index contributed by atoms with van der Waals surface area (Å²) in [5.74, 6) is -0.509. The van der Waals surface area contributed by atoms with Crippen molar-refractivity contribution in [3.63, 3.8) is 0 Å². The van der Waals surface area contributed by atoms with Crippen molar-refractivity contribution in [1.82, 2.24) is 9.88 Å². The van der Waals surface area contributed by atoms with Crippen LogP contribution in [0.5, 0.6) is 0 Å². The molecule has 0 fully saturated rings. The molecule has 0 aliphatic heterocycles. The van der Waals surface area contributed by atoms with Gasteiger partial charge in [0.2, 0.25) is 5.91 Å². The SMILES string of the molecule is Cc1ccc(NC(=O)CN(C)C(=O)c2csc(-c3ccsc3)n2)cc1. The summed E-state index contributed by atoms with van der Waals surface area (Å²) in [4.78, 5) is 30.3. The van der Waals surface area contributed by atoms with E-state index in [1.165, 1.54) is 16.2 Å². The zero-order valence-electron chi connectivity index (χ0n) is 13.9. The number of carbonyl (C=O) groups is 2. The highest BCUT2D eigenvalue weighted by Crippen LogP contribution is 2.26. The minimum Gasteiger partial charge on any atom is -0.331 e. The second-order valence-corrected chi connectivity index (χ2v) is 7.26. The van der Waals surface area contributed by atoms with E-state index in [0.29, 0.717) is 11.4 Å². The monoisotopic (exact) mass is 371 g/mol. The Labute approximate surface area is 154 Å². The van der Waals surface area contributed by atoms with E-state index in [1.807, 2.05) is 48.0 Å². The molecule has 25 heavy (non-hydrogen) atoms. The fourth-order valence-electron chi connectivity index (χ4n) is 2.21. The number of hydrogen-bond donors (Lipinski definition) is 1. The highest BCUT2D eigenvalue weighted by Gasteiger charge is 2.18. The first-order valence-corrected chi connectivity index (χ1v) is 9.45. The summed E-state index contributed by atoms with van der Waals surface area (Å²) in [6.07, 6.45) is 0. The van der Waals surface area contributed by atoms with Crippen LogP contribution in [0.2, 0.25) is 0 Å². The number of anilines is 1. The van der Waals surface area contributed by atoms with Gasteiger partial charge in [0.15, 0.2) is 0 Å². The molecule has 0 saturated heterocycles. The molecule has 7 heteroatoms. The van der Waals surface area contributed by atoms with Crippen LogP contribution >= 0.6 is 22.7 Å². The van der Waals surface area contributed by atoms with Crippen molar-refractivity contribution in [2.45, 2.75) is 6.92 Å². The molecule has 0 aliphatic carbocycles. The zero-order valence-corrected chi connectivity index (χ0v) is 15.5. The largest absolute Gasteiger partial charge is 0.331 e. The van der Waals surface area contributed by atoms with Crippen molar-refractivity contribution in [3.8, 4) is 10.6 Å². The number of hydrogen-bond acceptors (Lipinski definition) is 5. The molecule has 1 N–H and O–H groups in total. The first-order valence-electron chi connectivity index (χ1n) is 7.63. The molecule has 2 amide bonds. The molecule has 3 aromatic rings. The second kappa shape index (κ2) is 7.58. The summed E-state index contributed by atoms with van der Waals surface area (Å²) in [5, 5.41) is 9.28. The molecule has 0 atom stereocenters. The predicted molar refractivity (Wildman–Crippen MR) is 102 cm³/mol. The Kier molecular flexibility index (Phi) is 5.25. The molecule has 0 radical (unpaired) electrons. The number of nitrogens with zero attached hydrogens (tertiary/aromatic N) is 2. The van der Waals surface area contributed by atoms with Gasteiger partial charge in [-0.2, -0.15) is 11.3 Å². The van der Waals surface area contributed by atoms with E-state index >= 15 is 0 Å². The topological polar surface area (TPSA) is 62.3 Å². The van der Waals surface area contributed by atoms with Crippen LogP contribution in [0.4, 0.5) is 5.69 Å². The lowest BCUT2D eigenvalue weighted by Gasteiger charge is -2.15. The Balaban J connectivity index is 1.60. The van der Waals surface area contributed by atoms with E-state index in [2.05, 4.69) is 10.3 Å². The zero-order chi connectivity index (χ0) is 17.8. The minimum atomic E-state index is -0.267. The molecule has 0 unspecified atom stereocenters. The Morgan fingerprint density at radius 1 is 1.16 bits per heavy atom. The molecule has 2 aromatic heterocycles. The maximum absolute atomic E-state index is 12.5. The van der Waals surface area contributed by atoms with Gasteiger partial charge in [-0.1, -0.05) is 17.7 Å². The minimum absolute atomic E-state index is 0.0297. The number of likely N-dealkylation sites (N-methyl/N-ethyl adjacent to an activating group) is 1. The van der Waals surface area contributed by atoms with Crippen LogP contribution in [0.1, 0.15) is 16.1 Å². The van der Waals surface area contributed by atoms with Crippen LogP contribution in [0, 0.1) is 6.92 Å². The fourth-order valence-corrected chi connectivity index (χ4v) is 3.72. The molecular formula is C18H17N3O2S2. The lowest BCUT2D eigenvalue weighted by Crippen LogP contribution is -2.35. The van der Waals surface area contributed by atoms with E-state index in [4.69, 9.17) is 0 Å². The Hall–Kier alpha value is -2.51. The van der Waals surface area contributed by atoms with Crippen molar-refractivity contribution in [2.75, 3.05) is 18.9 Å². The highest BCUT2D eigenvalue weighted by molar-refractivity contribution is 7.14. The lowest BCUT2D eigenvalue weighted by atomic mass is 10.2. The molecule has 0 saturated carbocycles. The maximum atomic E-state index is 12.5. The molecule has 3 rings (SSSR count). The summed E-state index contributed by atoms with van der Waals surface area (Å²) in [7, 11) is 1.60. The molecule has 0 bridgehead atoms.